The van der Waals surface area contributed by atoms with Gasteiger partial charge >= 0.3 is 0 Å². The number of halogens is 1. The Kier molecular flexibility index (Phi) is 11.9. The number of ether oxygens (including phenoxy) is 2. The summed E-state index contributed by atoms with van der Waals surface area (Å²) in [4.78, 5) is 1.73. The van der Waals surface area contributed by atoms with E-state index in [1.807, 2.05) is 43.5 Å². The van der Waals surface area contributed by atoms with Crippen LogP contribution in [0.3, 0.4) is 0 Å². The van der Waals surface area contributed by atoms with Gasteiger partial charge in [-0.2, -0.15) is 5.26 Å². The second-order valence-corrected chi connectivity index (χ2v) is 10.4. The molecule has 0 spiro atoms. The van der Waals surface area contributed by atoms with Gasteiger partial charge in [-0.05, 0) is 91.5 Å². The van der Waals surface area contributed by atoms with Crippen molar-refractivity contribution in [2.24, 2.45) is 5.92 Å². The molecule has 196 valence electrons. The molecule has 0 aliphatic heterocycles. The summed E-state index contributed by atoms with van der Waals surface area (Å²) in [6.45, 7) is 20.8. The van der Waals surface area contributed by atoms with E-state index in [1.165, 1.54) is 6.07 Å². The number of nitriles is 1. The molecule has 5 heteroatoms. The zero-order chi connectivity index (χ0) is 27.5. The molecule has 1 rings (SSSR count). The van der Waals surface area contributed by atoms with Gasteiger partial charge in [0.15, 0.2) is 0 Å². The topological polar surface area (TPSA) is 45.5 Å². The summed E-state index contributed by atoms with van der Waals surface area (Å²) in [5.41, 5.74) is 2.27. The monoisotopic (exact) mass is 494 g/mol. The van der Waals surface area contributed by atoms with E-state index in [2.05, 4.69) is 55.0 Å². The number of benzene rings is 1. The highest BCUT2D eigenvalue weighted by molar-refractivity contribution is 5.63. The number of nitrogens with zero attached hydrogens (tertiary/aromatic N) is 2. The first-order valence-corrected chi connectivity index (χ1v) is 12.4. The van der Waals surface area contributed by atoms with Crippen LogP contribution in [-0.2, 0) is 9.47 Å². The molecule has 1 aromatic rings. The second kappa shape index (κ2) is 13.8. The minimum atomic E-state index is -0.502. The van der Waals surface area contributed by atoms with Crippen LogP contribution in [0.4, 0.5) is 10.1 Å². The van der Waals surface area contributed by atoms with Gasteiger partial charge < -0.3 is 14.4 Å². The van der Waals surface area contributed by atoms with E-state index in [-0.39, 0.29) is 22.7 Å². The molecule has 0 bridgehead atoms. The number of rotatable bonds is 12. The van der Waals surface area contributed by atoms with Gasteiger partial charge in [0.25, 0.3) is 0 Å². The van der Waals surface area contributed by atoms with Crippen LogP contribution in [0.25, 0.3) is 0 Å². The lowest BCUT2D eigenvalue weighted by atomic mass is 9.86. The number of anilines is 1. The average Bonchev–Trinajstić information content (AvgIpc) is 2.78. The lowest BCUT2D eigenvalue weighted by Gasteiger charge is -2.37. The Morgan fingerprint density at radius 1 is 1.22 bits per heavy atom. The Morgan fingerprint density at radius 3 is 2.39 bits per heavy atom. The Morgan fingerprint density at radius 2 is 1.89 bits per heavy atom. The standard InChI is InChI=1S/C31H43FN2O2/c1-11-13-14-15-27(22-35-10)24(4)34(29-17-16-25(20-33)18-28(29)32)21-23(3)26(12-2)19-31(8,9)36-30(5,6)7/h11,13-18,21-22,26H,4,12,19H2,1-3,5-10H3/b13-11-,15-14-,23-21+,27-22-. The smallest absolute Gasteiger partial charge is 0.148 e. The van der Waals surface area contributed by atoms with Crippen molar-refractivity contribution < 1.29 is 13.9 Å². The fourth-order valence-corrected chi connectivity index (χ4v) is 4.20. The molecule has 1 atom stereocenters. The van der Waals surface area contributed by atoms with Gasteiger partial charge in [-0.1, -0.05) is 37.3 Å². The summed E-state index contributed by atoms with van der Waals surface area (Å²) in [6, 6.07) is 6.45. The van der Waals surface area contributed by atoms with Gasteiger partial charge in [-0.25, -0.2) is 4.39 Å². The van der Waals surface area contributed by atoms with Crippen molar-refractivity contribution in [1.29, 1.82) is 5.26 Å². The van der Waals surface area contributed by atoms with Gasteiger partial charge in [0.1, 0.15) is 5.82 Å². The maximum Gasteiger partial charge on any atom is 0.148 e. The highest BCUT2D eigenvalue weighted by Crippen LogP contribution is 2.34. The Labute approximate surface area is 218 Å². The molecule has 0 heterocycles. The van der Waals surface area contributed by atoms with Crippen LogP contribution in [0.2, 0.25) is 0 Å². The molecule has 0 aliphatic rings. The zero-order valence-corrected chi connectivity index (χ0v) is 23.5. The van der Waals surface area contributed by atoms with Crippen LogP contribution in [0.1, 0.15) is 73.8 Å². The van der Waals surface area contributed by atoms with E-state index in [0.717, 1.165) is 18.4 Å². The maximum atomic E-state index is 15.2. The SMILES string of the molecule is C=C(C(/C=C\C=C/C)=C\OC)N(/C=C(\C)C(CC)CC(C)(C)OC(C)(C)C)c1ccc(C#N)cc1F. The summed E-state index contributed by atoms with van der Waals surface area (Å²) in [5.74, 6) is -0.301. The van der Waals surface area contributed by atoms with E-state index < -0.39 is 5.82 Å². The van der Waals surface area contributed by atoms with Crippen molar-refractivity contribution in [3.05, 3.63) is 89.8 Å². The molecule has 1 unspecified atom stereocenters. The number of hydrogen-bond acceptors (Lipinski definition) is 4. The second-order valence-electron chi connectivity index (χ2n) is 10.4. The zero-order valence-electron chi connectivity index (χ0n) is 23.5. The van der Waals surface area contributed by atoms with Crippen molar-refractivity contribution in [2.75, 3.05) is 12.0 Å². The fourth-order valence-electron chi connectivity index (χ4n) is 4.20. The summed E-state index contributed by atoms with van der Waals surface area (Å²) < 4.78 is 26.9. The third kappa shape index (κ3) is 9.87. The van der Waals surface area contributed by atoms with Gasteiger partial charge in [-0.15, -0.1) is 0 Å². The van der Waals surface area contributed by atoms with Crippen LogP contribution in [-0.4, -0.2) is 18.3 Å². The third-order valence-corrected chi connectivity index (χ3v) is 5.57. The largest absolute Gasteiger partial charge is 0.504 e. The average molecular weight is 495 g/mol. The lowest BCUT2D eigenvalue weighted by molar-refractivity contribution is -0.120. The lowest BCUT2D eigenvalue weighted by Crippen LogP contribution is -2.36. The highest BCUT2D eigenvalue weighted by Gasteiger charge is 2.29. The third-order valence-electron chi connectivity index (χ3n) is 5.57. The highest BCUT2D eigenvalue weighted by atomic mass is 19.1. The Hall–Kier alpha value is -3.10. The van der Waals surface area contributed by atoms with Gasteiger partial charge in [0, 0.05) is 17.5 Å². The van der Waals surface area contributed by atoms with Gasteiger partial charge in [0.05, 0.1) is 41.9 Å². The molecule has 1 aromatic carbocycles. The molecule has 4 nitrogen and oxygen atoms in total. The predicted molar refractivity (Wildman–Crippen MR) is 149 cm³/mol. The van der Waals surface area contributed by atoms with Crippen molar-refractivity contribution in [1.82, 2.24) is 0 Å². The van der Waals surface area contributed by atoms with Crippen molar-refractivity contribution in [2.45, 2.75) is 79.4 Å². The molecule has 0 saturated heterocycles. The van der Waals surface area contributed by atoms with E-state index in [9.17, 15) is 5.26 Å². The summed E-state index contributed by atoms with van der Waals surface area (Å²) >= 11 is 0. The normalized spacial score (nSPS) is 14.2. The van der Waals surface area contributed by atoms with Crippen molar-refractivity contribution in [3.63, 3.8) is 0 Å². The van der Waals surface area contributed by atoms with E-state index in [1.54, 1.807) is 30.4 Å². The maximum absolute atomic E-state index is 15.2. The molecule has 0 N–H and O–H groups in total. The number of allylic oxidation sites excluding steroid dienone is 5. The van der Waals surface area contributed by atoms with Crippen LogP contribution in [0.5, 0.6) is 0 Å². The van der Waals surface area contributed by atoms with E-state index in [4.69, 9.17) is 9.47 Å². The first kappa shape index (κ1) is 30.9. The van der Waals surface area contributed by atoms with Crippen LogP contribution >= 0.6 is 0 Å². The first-order valence-electron chi connectivity index (χ1n) is 12.4. The van der Waals surface area contributed by atoms with E-state index >= 15 is 4.39 Å². The molecular weight excluding hydrogens is 451 g/mol. The van der Waals surface area contributed by atoms with Crippen molar-refractivity contribution >= 4 is 5.69 Å². The fraction of sp³-hybridized carbons (Fsp3) is 0.452. The number of methoxy groups -OCH3 is 1. The molecule has 0 aromatic heterocycles. The van der Waals surface area contributed by atoms with Crippen LogP contribution in [0.15, 0.2) is 78.4 Å². The summed E-state index contributed by atoms with van der Waals surface area (Å²) in [7, 11) is 1.56. The number of hydrogen-bond donors (Lipinski definition) is 0. The van der Waals surface area contributed by atoms with Gasteiger partial charge in [0.2, 0.25) is 0 Å². The van der Waals surface area contributed by atoms with Crippen LogP contribution < -0.4 is 4.90 Å². The molecule has 36 heavy (non-hydrogen) atoms. The Bertz CT molecular complexity index is 1050. The Balaban J connectivity index is 3.57. The molecular formula is C31H43FN2O2. The molecule has 0 aliphatic carbocycles. The van der Waals surface area contributed by atoms with Gasteiger partial charge in [-0.3, -0.25) is 0 Å². The molecule has 0 radical (unpaired) electrons. The molecule has 0 amide bonds. The minimum absolute atomic E-state index is 0.201. The predicted octanol–water partition coefficient (Wildman–Crippen LogP) is 8.59. The molecule has 0 fully saturated rings. The first-order chi connectivity index (χ1) is 16.8. The summed E-state index contributed by atoms with van der Waals surface area (Å²) in [5, 5.41) is 9.21. The van der Waals surface area contributed by atoms with Crippen LogP contribution in [0, 0.1) is 23.1 Å². The van der Waals surface area contributed by atoms with Crippen molar-refractivity contribution in [3.8, 4) is 6.07 Å². The minimum Gasteiger partial charge on any atom is -0.504 e. The molecule has 0 saturated carbocycles. The quantitative estimate of drug-likeness (QED) is 0.216. The summed E-state index contributed by atoms with van der Waals surface area (Å²) in [6.07, 6.45) is 12.8. The van der Waals surface area contributed by atoms with E-state index in [0.29, 0.717) is 17.0 Å².